The second kappa shape index (κ2) is 3.94. The van der Waals surface area contributed by atoms with Gasteiger partial charge in [0.15, 0.2) is 17.2 Å². The van der Waals surface area contributed by atoms with Crippen LogP contribution < -0.4 is 4.74 Å². The predicted octanol–water partition coefficient (Wildman–Crippen LogP) is 1.64. The van der Waals surface area contributed by atoms with Crippen LogP contribution in [-0.2, 0) is 4.79 Å². The monoisotopic (exact) mass is 216 g/mol. The molecule has 82 valence electrons. The van der Waals surface area contributed by atoms with Gasteiger partial charge >= 0.3 is 5.97 Å². The lowest BCUT2D eigenvalue weighted by Crippen LogP contribution is -2.35. The Morgan fingerprint density at radius 3 is 2.40 bits per heavy atom. The average molecular weight is 216 g/mol. The number of ether oxygens (including phenoxy) is 1. The van der Waals surface area contributed by atoms with Gasteiger partial charge in [0.2, 0.25) is 0 Å². The van der Waals surface area contributed by atoms with Crippen molar-refractivity contribution >= 4 is 5.97 Å². The number of esters is 1. The lowest BCUT2D eigenvalue weighted by Gasteiger charge is -2.15. The van der Waals surface area contributed by atoms with Gasteiger partial charge in [-0.3, -0.25) is 0 Å². The van der Waals surface area contributed by atoms with Crippen molar-refractivity contribution in [1.82, 2.24) is 0 Å². The normalized spacial score (nSPS) is 11.3. The molecular formula is C10H10F2O3. The summed E-state index contributed by atoms with van der Waals surface area (Å²) in [6.07, 6.45) is 0. The molecule has 0 radical (unpaired) electrons. The molecule has 0 heterocycles. The summed E-state index contributed by atoms with van der Waals surface area (Å²) in [5, 5.41) is 9.23. The van der Waals surface area contributed by atoms with Crippen molar-refractivity contribution in [2.45, 2.75) is 19.4 Å². The third kappa shape index (κ3) is 2.99. The fourth-order valence-corrected chi connectivity index (χ4v) is 0.772. The maximum atomic E-state index is 12.7. The molecule has 0 unspecified atom stereocenters. The van der Waals surface area contributed by atoms with E-state index < -0.39 is 23.2 Å². The van der Waals surface area contributed by atoms with E-state index in [0.717, 1.165) is 18.2 Å². The summed E-state index contributed by atoms with van der Waals surface area (Å²) in [6.45, 7) is 2.46. The van der Waals surface area contributed by atoms with Gasteiger partial charge in [0.1, 0.15) is 5.75 Å². The molecular weight excluding hydrogens is 206 g/mol. The van der Waals surface area contributed by atoms with E-state index >= 15 is 0 Å². The van der Waals surface area contributed by atoms with Crippen LogP contribution in [-0.4, -0.2) is 16.7 Å². The van der Waals surface area contributed by atoms with Crippen LogP contribution in [0.5, 0.6) is 5.75 Å². The Bertz CT molecular complexity index is 383. The molecule has 3 nitrogen and oxygen atoms in total. The highest BCUT2D eigenvalue weighted by atomic mass is 19.2. The second-order valence-electron chi connectivity index (χ2n) is 3.52. The zero-order valence-corrected chi connectivity index (χ0v) is 8.25. The minimum atomic E-state index is -1.68. The molecule has 1 N–H and O–H groups in total. The summed E-state index contributed by atoms with van der Waals surface area (Å²) >= 11 is 0. The topological polar surface area (TPSA) is 46.5 Å². The van der Waals surface area contributed by atoms with Crippen molar-refractivity contribution in [3.05, 3.63) is 29.8 Å². The van der Waals surface area contributed by atoms with Crippen LogP contribution in [0, 0.1) is 11.6 Å². The minimum absolute atomic E-state index is 0.152. The van der Waals surface area contributed by atoms with E-state index in [0.29, 0.717) is 0 Å². The van der Waals surface area contributed by atoms with Crippen molar-refractivity contribution in [3.63, 3.8) is 0 Å². The third-order valence-electron chi connectivity index (χ3n) is 1.60. The molecule has 0 atom stereocenters. The third-order valence-corrected chi connectivity index (χ3v) is 1.60. The van der Waals surface area contributed by atoms with Crippen LogP contribution >= 0.6 is 0 Å². The summed E-state index contributed by atoms with van der Waals surface area (Å²) in [5.41, 5.74) is -1.68. The molecule has 0 aliphatic rings. The molecule has 0 aliphatic heterocycles. The maximum Gasteiger partial charge on any atom is 0.342 e. The van der Waals surface area contributed by atoms with E-state index in [4.69, 9.17) is 0 Å². The standard InChI is InChI=1S/C10H10F2O3/c1-10(2,14)9(13)15-6-3-4-7(11)8(12)5-6/h3-5,14H,1-2H3. The highest BCUT2D eigenvalue weighted by Gasteiger charge is 2.26. The molecule has 1 aromatic carbocycles. The highest BCUT2D eigenvalue weighted by molar-refractivity contribution is 5.80. The van der Waals surface area contributed by atoms with Gasteiger partial charge in [-0.2, -0.15) is 0 Å². The lowest BCUT2D eigenvalue weighted by molar-refractivity contribution is -0.151. The van der Waals surface area contributed by atoms with Crippen LogP contribution in [0.15, 0.2) is 18.2 Å². The van der Waals surface area contributed by atoms with Gasteiger partial charge in [0.25, 0.3) is 0 Å². The van der Waals surface area contributed by atoms with E-state index in [9.17, 15) is 18.7 Å². The predicted molar refractivity (Wildman–Crippen MR) is 48.3 cm³/mol. The van der Waals surface area contributed by atoms with E-state index in [-0.39, 0.29) is 5.75 Å². The van der Waals surface area contributed by atoms with Crippen molar-refractivity contribution in [3.8, 4) is 5.75 Å². The fourth-order valence-electron chi connectivity index (χ4n) is 0.772. The Morgan fingerprint density at radius 1 is 1.33 bits per heavy atom. The summed E-state index contributed by atoms with van der Waals surface area (Å²) in [7, 11) is 0. The Balaban J connectivity index is 2.83. The molecule has 0 amide bonds. The van der Waals surface area contributed by atoms with E-state index in [1.54, 1.807) is 0 Å². The summed E-state index contributed by atoms with van der Waals surface area (Å²) in [5.74, 6) is -3.23. The van der Waals surface area contributed by atoms with E-state index in [1.165, 1.54) is 13.8 Å². The molecule has 15 heavy (non-hydrogen) atoms. The zero-order chi connectivity index (χ0) is 11.6. The summed E-state index contributed by atoms with van der Waals surface area (Å²) < 4.78 is 29.8. The first-order valence-corrected chi connectivity index (χ1v) is 4.20. The summed E-state index contributed by atoms with van der Waals surface area (Å²) in [4.78, 5) is 11.1. The first-order valence-electron chi connectivity index (χ1n) is 4.20. The van der Waals surface area contributed by atoms with Crippen molar-refractivity contribution in [1.29, 1.82) is 0 Å². The molecule has 0 saturated heterocycles. The Labute approximate surface area is 85.3 Å². The molecule has 1 rings (SSSR count). The van der Waals surface area contributed by atoms with Crippen molar-refractivity contribution in [2.75, 3.05) is 0 Å². The highest BCUT2D eigenvalue weighted by Crippen LogP contribution is 2.17. The van der Waals surface area contributed by atoms with Crippen LogP contribution in [0.4, 0.5) is 8.78 Å². The number of hydrogen-bond donors (Lipinski definition) is 1. The van der Waals surface area contributed by atoms with Gasteiger partial charge in [0.05, 0.1) is 0 Å². The minimum Gasteiger partial charge on any atom is -0.424 e. The van der Waals surface area contributed by atoms with E-state index in [2.05, 4.69) is 4.74 Å². The van der Waals surface area contributed by atoms with Crippen molar-refractivity contribution in [2.24, 2.45) is 0 Å². The Morgan fingerprint density at radius 2 is 1.93 bits per heavy atom. The number of benzene rings is 1. The van der Waals surface area contributed by atoms with Crippen LogP contribution in [0.1, 0.15) is 13.8 Å². The van der Waals surface area contributed by atoms with Gasteiger partial charge in [-0.05, 0) is 26.0 Å². The zero-order valence-electron chi connectivity index (χ0n) is 8.25. The number of hydrogen-bond acceptors (Lipinski definition) is 3. The molecule has 0 aromatic heterocycles. The molecule has 0 saturated carbocycles. The molecule has 1 aromatic rings. The quantitative estimate of drug-likeness (QED) is 0.603. The lowest BCUT2D eigenvalue weighted by atomic mass is 10.1. The Kier molecular flexibility index (Phi) is 3.04. The number of halogens is 2. The van der Waals surface area contributed by atoms with Crippen molar-refractivity contribution < 1.29 is 23.4 Å². The summed E-state index contributed by atoms with van der Waals surface area (Å²) in [6, 6.07) is 2.67. The molecule has 0 bridgehead atoms. The number of rotatable bonds is 2. The average Bonchev–Trinajstić information content (AvgIpc) is 2.10. The first-order chi connectivity index (χ1) is 6.80. The Hall–Kier alpha value is -1.49. The number of carbonyl (C=O) groups excluding carboxylic acids is 1. The van der Waals surface area contributed by atoms with Gasteiger partial charge in [-0.25, -0.2) is 13.6 Å². The molecule has 0 fully saturated rings. The number of aliphatic hydroxyl groups is 1. The van der Waals surface area contributed by atoms with Gasteiger partial charge in [0, 0.05) is 6.07 Å². The van der Waals surface area contributed by atoms with E-state index in [1.807, 2.05) is 0 Å². The molecule has 0 aliphatic carbocycles. The van der Waals surface area contributed by atoms with Gasteiger partial charge in [-0.1, -0.05) is 0 Å². The largest absolute Gasteiger partial charge is 0.424 e. The van der Waals surface area contributed by atoms with Crippen LogP contribution in [0.2, 0.25) is 0 Å². The SMILES string of the molecule is CC(C)(O)C(=O)Oc1ccc(F)c(F)c1. The first kappa shape index (κ1) is 11.6. The number of carbonyl (C=O) groups is 1. The smallest absolute Gasteiger partial charge is 0.342 e. The fraction of sp³-hybridized carbons (Fsp3) is 0.300. The van der Waals surface area contributed by atoms with Crippen LogP contribution in [0.25, 0.3) is 0 Å². The van der Waals surface area contributed by atoms with Crippen LogP contribution in [0.3, 0.4) is 0 Å². The molecule has 0 spiro atoms. The molecule has 5 heteroatoms. The van der Waals surface area contributed by atoms with Gasteiger partial charge in [-0.15, -0.1) is 0 Å². The maximum absolute atomic E-state index is 12.7. The van der Waals surface area contributed by atoms with Gasteiger partial charge < -0.3 is 9.84 Å². The second-order valence-corrected chi connectivity index (χ2v) is 3.52.